The van der Waals surface area contributed by atoms with E-state index in [-0.39, 0.29) is 19.1 Å². The number of nitrogens with one attached hydrogen (secondary N) is 3. The second-order valence-corrected chi connectivity index (χ2v) is 7.31. The Labute approximate surface area is 154 Å². The van der Waals surface area contributed by atoms with Gasteiger partial charge in [-0.15, -0.1) is 5.10 Å². The van der Waals surface area contributed by atoms with Crippen LogP contribution in [0.25, 0.3) is 0 Å². The number of carbonyl (C=O) groups is 1. The van der Waals surface area contributed by atoms with Crippen molar-refractivity contribution in [3.63, 3.8) is 0 Å². The molecule has 2 aromatic rings. The Hall–Kier alpha value is -3.04. The third kappa shape index (κ3) is 2.90. The van der Waals surface area contributed by atoms with Crippen molar-refractivity contribution >= 4 is 17.7 Å². The van der Waals surface area contributed by atoms with Gasteiger partial charge in [0.05, 0.1) is 12.2 Å². The summed E-state index contributed by atoms with van der Waals surface area (Å²) in [7, 11) is 0. The minimum Gasteiger partial charge on any atom is -0.368 e. The molecule has 0 aromatic carbocycles. The number of carbonyl (C=O) groups excluding carboxylic acids is 1. The van der Waals surface area contributed by atoms with E-state index in [1.165, 1.54) is 12.8 Å². The van der Waals surface area contributed by atoms with Crippen LogP contribution in [0.2, 0.25) is 0 Å². The molecule has 5 rings (SSSR count). The van der Waals surface area contributed by atoms with Gasteiger partial charge < -0.3 is 21.3 Å². The largest absolute Gasteiger partial charge is 0.368 e. The van der Waals surface area contributed by atoms with Gasteiger partial charge in [0.2, 0.25) is 11.9 Å². The van der Waals surface area contributed by atoms with Crippen molar-refractivity contribution in [2.45, 2.75) is 43.6 Å². The van der Waals surface area contributed by atoms with Crippen molar-refractivity contribution in [1.29, 1.82) is 0 Å². The first-order chi connectivity index (χ1) is 13.1. The summed E-state index contributed by atoms with van der Waals surface area (Å²) in [6, 6.07) is 5.12. The molecule has 1 saturated carbocycles. The Morgan fingerprint density at radius 1 is 1.41 bits per heavy atom. The van der Waals surface area contributed by atoms with E-state index in [1.54, 1.807) is 9.58 Å². The number of halogens is 1. The average Bonchev–Trinajstić information content (AvgIpc) is 3.05. The summed E-state index contributed by atoms with van der Waals surface area (Å²) in [5.41, 5.74) is 7.48. The van der Waals surface area contributed by atoms with Gasteiger partial charge >= 0.3 is 0 Å². The van der Waals surface area contributed by atoms with Gasteiger partial charge in [-0.25, -0.2) is 9.07 Å². The van der Waals surface area contributed by atoms with E-state index in [2.05, 4.69) is 25.9 Å². The lowest BCUT2D eigenvalue weighted by Gasteiger charge is -2.33. The van der Waals surface area contributed by atoms with Crippen molar-refractivity contribution in [2.24, 2.45) is 10.8 Å². The molecule has 2 aromatic heterocycles. The summed E-state index contributed by atoms with van der Waals surface area (Å²) in [5, 5.41) is 18.5. The van der Waals surface area contributed by atoms with Gasteiger partial charge in [0.1, 0.15) is 24.2 Å². The number of alkyl halides is 1. The molecule has 9 nitrogen and oxygen atoms in total. The molecule has 1 amide bonds. The maximum Gasteiger partial charge on any atom is 0.240 e. The topological polar surface area (TPSA) is 116 Å². The molecule has 0 radical (unpaired) electrons. The molecule has 27 heavy (non-hydrogen) atoms. The van der Waals surface area contributed by atoms with E-state index >= 15 is 0 Å². The maximum absolute atomic E-state index is 13.9. The van der Waals surface area contributed by atoms with Gasteiger partial charge in [-0.05, 0) is 25.0 Å². The van der Waals surface area contributed by atoms with Gasteiger partial charge in [0.25, 0.3) is 0 Å². The number of likely N-dealkylation sites (tertiary alicyclic amines) is 1. The molecule has 0 spiro atoms. The van der Waals surface area contributed by atoms with Crippen LogP contribution >= 0.6 is 0 Å². The molecular weight excluding hydrogens is 351 g/mol. The third-order valence-electron chi connectivity index (χ3n) is 5.29. The van der Waals surface area contributed by atoms with E-state index in [4.69, 9.17) is 5.73 Å². The van der Waals surface area contributed by atoms with Crippen molar-refractivity contribution in [3.05, 3.63) is 35.8 Å². The molecule has 142 valence electrons. The average molecular weight is 372 g/mol. The van der Waals surface area contributed by atoms with Crippen LogP contribution in [-0.4, -0.2) is 50.4 Å². The Kier molecular flexibility index (Phi) is 3.59. The van der Waals surface area contributed by atoms with Crippen LogP contribution in [0.4, 0.5) is 10.2 Å². The summed E-state index contributed by atoms with van der Waals surface area (Å²) in [6.07, 6.45) is 2.84. The van der Waals surface area contributed by atoms with E-state index in [1.807, 2.05) is 24.4 Å². The standard InChI is InChI=1S/C17H21FN8O/c18-10-6-13(15(19)27)25(8-10)17-21-16(12-2-1-5-26(12)24-17)20-14-7-11(22-23-14)9-3-4-9/h1-2,5,7,9-10,13,16H,3-4,6,8H2,(H2,19,27)(H,21,24)(H2,20,22,23)/t10-,13+,16?/m1/s1. The van der Waals surface area contributed by atoms with Crippen LogP contribution < -0.4 is 16.4 Å². The number of anilines is 1. The molecule has 10 heteroatoms. The molecule has 1 aliphatic carbocycles. The van der Waals surface area contributed by atoms with E-state index in [0.717, 1.165) is 17.2 Å². The predicted molar refractivity (Wildman–Crippen MR) is 96.5 cm³/mol. The van der Waals surface area contributed by atoms with Crippen molar-refractivity contribution in [1.82, 2.24) is 25.1 Å². The number of rotatable bonds is 4. The van der Waals surface area contributed by atoms with Crippen LogP contribution in [0.1, 0.15) is 42.7 Å². The number of amides is 1. The Balaban J connectivity index is 1.41. The number of aromatic nitrogens is 3. The van der Waals surface area contributed by atoms with E-state index < -0.39 is 18.1 Å². The lowest BCUT2D eigenvalue weighted by molar-refractivity contribution is -0.121. The molecule has 2 fully saturated rings. The lowest BCUT2D eigenvalue weighted by atomic mass is 10.2. The summed E-state index contributed by atoms with van der Waals surface area (Å²) in [4.78, 5) is 13.3. The fourth-order valence-electron chi connectivity index (χ4n) is 3.74. The normalized spacial score (nSPS) is 27.1. The van der Waals surface area contributed by atoms with Gasteiger partial charge in [-0.3, -0.25) is 9.89 Å². The zero-order valence-electron chi connectivity index (χ0n) is 14.6. The molecule has 3 aliphatic rings. The smallest absolute Gasteiger partial charge is 0.240 e. The highest BCUT2D eigenvalue weighted by atomic mass is 19.1. The monoisotopic (exact) mass is 372 g/mol. The van der Waals surface area contributed by atoms with Crippen LogP contribution in [-0.2, 0) is 4.79 Å². The molecule has 1 unspecified atom stereocenters. The van der Waals surface area contributed by atoms with Crippen LogP contribution in [0.3, 0.4) is 0 Å². The molecule has 1 saturated heterocycles. The van der Waals surface area contributed by atoms with Gasteiger partial charge in [0, 0.05) is 30.3 Å². The van der Waals surface area contributed by atoms with Crippen molar-refractivity contribution in [3.8, 4) is 0 Å². The number of hydrogen-bond donors (Lipinski definition) is 4. The van der Waals surface area contributed by atoms with Gasteiger partial charge in [-0.1, -0.05) is 0 Å². The summed E-state index contributed by atoms with van der Waals surface area (Å²) >= 11 is 0. The number of nitrogens with two attached hydrogens (primary N) is 1. The second-order valence-electron chi connectivity index (χ2n) is 7.31. The van der Waals surface area contributed by atoms with Crippen LogP contribution in [0.15, 0.2) is 29.5 Å². The predicted octanol–water partition coefficient (Wildman–Crippen LogP) is 0.819. The molecule has 4 heterocycles. The number of primary amides is 1. The number of H-pyrrole nitrogens is 1. The first-order valence-corrected chi connectivity index (χ1v) is 9.13. The molecular formula is C17H21FN8O. The Bertz CT molecular complexity index is 900. The lowest BCUT2D eigenvalue weighted by Crippen LogP contribution is -2.52. The molecule has 3 atom stereocenters. The van der Waals surface area contributed by atoms with E-state index in [0.29, 0.717) is 11.9 Å². The highest BCUT2D eigenvalue weighted by molar-refractivity contribution is 5.89. The summed E-state index contributed by atoms with van der Waals surface area (Å²) in [5.74, 6) is 1.16. The fourth-order valence-corrected chi connectivity index (χ4v) is 3.74. The number of hydrogen-bond acceptors (Lipinski definition) is 6. The minimum absolute atomic E-state index is 0.0801. The van der Waals surface area contributed by atoms with Crippen LogP contribution in [0, 0.1) is 0 Å². The van der Waals surface area contributed by atoms with Gasteiger partial charge in [0.15, 0.2) is 0 Å². The second kappa shape index (κ2) is 6.00. The number of guanidine groups is 1. The van der Waals surface area contributed by atoms with Crippen molar-refractivity contribution < 1.29 is 9.18 Å². The molecule has 5 N–H and O–H groups in total. The summed E-state index contributed by atoms with van der Waals surface area (Å²) < 4.78 is 15.6. The Morgan fingerprint density at radius 3 is 3.04 bits per heavy atom. The summed E-state index contributed by atoms with van der Waals surface area (Å²) in [6.45, 7) is 0.0804. The number of aromatic amines is 1. The third-order valence-corrected chi connectivity index (χ3v) is 5.29. The first-order valence-electron chi connectivity index (χ1n) is 9.13. The van der Waals surface area contributed by atoms with E-state index in [9.17, 15) is 9.18 Å². The highest BCUT2D eigenvalue weighted by Gasteiger charge is 2.40. The quantitative estimate of drug-likeness (QED) is 0.634. The zero-order valence-corrected chi connectivity index (χ0v) is 14.6. The fraction of sp³-hybridized carbons (Fsp3) is 0.471. The maximum atomic E-state index is 13.9. The SMILES string of the molecule is NC(=O)[C@@H]1C[C@@H](F)CN1C1=Nn2cccc2C(Nc2cc(C3CC3)[nH]n2)N1. The van der Waals surface area contributed by atoms with Gasteiger partial charge in [-0.2, -0.15) is 5.10 Å². The van der Waals surface area contributed by atoms with Crippen LogP contribution in [0.5, 0.6) is 0 Å². The number of fused-ring (bicyclic) bond motifs is 1. The highest BCUT2D eigenvalue weighted by Crippen LogP contribution is 2.39. The van der Waals surface area contributed by atoms with Crippen molar-refractivity contribution in [2.75, 3.05) is 11.9 Å². The zero-order chi connectivity index (χ0) is 18.5. The Morgan fingerprint density at radius 2 is 2.26 bits per heavy atom. The molecule has 0 bridgehead atoms. The number of nitrogens with zero attached hydrogens (tertiary/aromatic N) is 4. The molecule has 2 aliphatic heterocycles. The first kappa shape index (κ1) is 16.2. The minimum atomic E-state index is -1.11.